The zero-order chi connectivity index (χ0) is 14.8. The van der Waals surface area contributed by atoms with Gasteiger partial charge in [0, 0.05) is 17.8 Å². The van der Waals surface area contributed by atoms with Crippen molar-refractivity contribution in [2.75, 3.05) is 5.32 Å². The summed E-state index contributed by atoms with van der Waals surface area (Å²) in [5, 5.41) is 5.94. The minimum Gasteiger partial charge on any atom is -0.335 e. The van der Waals surface area contributed by atoms with Gasteiger partial charge in [0.25, 0.3) is 0 Å². The van der Waals surface area contributed by atoms with Gasteiger partial charge in [-0.25, -0.2) is 4.79 Å². The zero-order valence-electron chi connectivity index (χ0n) is 12.6. The molecule has 0 radical (unpaired) electrons. The van der Waals surface area contributed by atoms with Crippen LogP contribution in [0.25, 0.3) is 0 Å². The molecule has 0 spiro atoms. The number of nitrogens with one attached hydrogen (secondary N) is 2. The smallest absolute Gasteiger partial charge is 0.319 e. The average Bonchev–Trinajstić information content (AvgIpc) is 2.68. The van der Waals surface area contributed by atoms with Crippen molar-refractivity contribution in [2.24, 2.45) is 11.1 Å². The summed E-state index contributed by atoms with van der Waals surface area (Å²) in [7, 11) is 0. The summed E-state index contributed by atoms with van der Waals surface area (Å²) in [5.74, 6) is 0. The van der Waals surface area contributed by atoms with Gasteiger partial charge in [0.2, 0.25) is 0 Å². The Hall–Kier alpha value is -1.55. The van der Waals surface area contributed by atoms with E-state index in [2.05, 4.69) is 24.5 Å². The van der Waals surface area contributed by atoms with Crippen molar-refractivity contribution in [3.8, 4) is 0 Å². The maximum atomic E-state index is 12.0. The van der Waals surface area contributed by atoms with Gasteiger partial charge in [0.1, 0.15) is 0 Å². The summed E-state index contributed by atoms with van der Waals surface area (Å²) >= 11 is 0. The van der Waals surface area contributed by atoms with Crippen LogP contribution in [0.2, 0.25) is 0 Å². The monoisotopic (exact) mass is 275 g/mol. The van der Waals surface area contributed by atoms with Crippen LogP contribution in [0, 0.1) is 5.41 Å². The van der Waals surface area contributed by atoms with Crippen LogP contribution in [0.15, 0.2) is 24.3 Å². The standard InChI is InChI=1S/C16H25N3O/c1-11(17)12-5-4-6-13(9-12)18-15(20)19-14-7-8-16(2,3)10-14/h4-6,9,11,14H,7-8,10,17H2,1-3H3,(H2,18,19,20). The quantitative estimate of drug-likeness (QED) is 0.791. The number of carbonyl (C=O) groups excluding carboxylic acids is 1. The van der Waals surface area contributed by atoms with Gasteiger partial charge in [0.05, 0.1) is 0 Å². The predicted molar refractivity (Wildman–Crippen MR) is 82.6 cm³/mol. The molecule has 4 heteroatoms. The average molecular weight is 275 g/mol. The molecule has 0 bridgehead atoms. The summed E-state index contributed by atoms with van der Waals surface area (Å²) < 4.78 is 0. The van der Waals surface area contributed by atoms with Crippen molar-refractivity contribution in [3.63, 3.8) is 0 Å². The van der Waals surface area contributed by atoms with Gasteiger partial charge in [0.15, 0.2) is 0 Å². The molecule has 1 aromatic rings. The third kappa shape index (κ3) is 3.97. The first kappa shape index (κ1) is 14.9. The normalized spacial score (nSPS) is 22.3. The number of anilines is 1. The second-order valence-corrected chi connectivity index (χ2v) is 6.62. The Kier molecular flexibility index (Phi) is 4.33. The third-order valence-corrected chi connectivity index (χ3v) is 3.97. The van der Waals surface area contributed by atoms with Crippen molar-refractivity contribution < 1.29 is 4.79 Å². The largest absolute Gasteiger partial charge is 0.335 e. The Morgan fingerprint density at radius 2 is 2.20 bits per heavy atom. The van der Waals surface area contributed by atoms with Crippen molar-refractivity contribution in [1.29, 1.82) is 0 Å². The lowest BCUT2D eigenvalue weighted by Gasteiger charge is -2.18. The fourth-order valence-corrected chi connectivity index (χ4v) is 2.81. The summed E-state index contributed by atoms with van der Waals surface area (Å²) in [6.07, 6.45) is 3.26. The fourth-order valence-electron chi connectivity index (χ4n) is 2.81. The number of urea groups is 1. The molecule has 4 N–H and O–H groups in total. The number of benzene rings is 1. The van der Waals surface area contributed by atoms with E-state index in [0.717, 1.165) is 30.5 Å². The van der Waals surface area contributed by atoms with Crippen molar-refractivity contribution in [2.45, 2.75) is 52.1 Å². The third-order valence-electron chi connectivity index (χ3n) is 3.97. The highest BCUT2D eigenvalue weighted by Gasteiger charge is 2.31. The maximum absolute atomic E-state index is 12.0. The molecule has 0 aliphatic heterocycles. The number of amides is 2. The summed E-state index contributed by atoms with van der Waals surface area (Å²) in [6.45, 7) is 6.43. The molecule has 2 rings (SSSR count). The van der Waals surface area contributed by atoms with Gasteiger partial charge in [-0.15, -0.1) is 0 Å². The van der Waals surface area contributed by atoms with Gasteiger partial charge in [-0.3, -0.25) is 0 Å². The van der Waals surface area contributed by atoms with Gasteiger partial charge in [-0.05, 0) is 49.3 Å². The van der Waals surface area contributed by atoms with E-state index in [1.165, 1.54) is 0 Å². The summed E-state index contributed by atoms with van der Waals surface area (Å²) in [4.78, 5) is 12.0. The lowest BCUT2D eigenvalue weighted by molar-refractivity contribution is 0.247. The molecular weight excluding hydrogens is 250 g/mol. The summed E-state index contributed by atoms with van der Waals surface area (Å²) in [5.41, 5.74) is 7.99. The first-order chi connectivity index (χ1) is 9.35. The van der Waals surface area contributed by atoms with Crippen molar-refractivity contribution in [3.05, 3.63) is 29.8 Å². The van der Waals surface area contributed by atoms with E-state index in [-0.39, 0.29) is 18.1 Å². The summed E-state index contributed by atoms with van der Waals surface area (Å²) in [6, 6.07) is 7.79. The number of hydrogen-bond donors (Lipinski definition) is 3. The Balaban J connectivity index is 1.90. The van der Waals surface area contributed by atoms with E-state index in [1.54, 1.807) is 0 Å². The molecule has 1 saturated carbocycles. The molecule has 2 atom stereocenters. The van der Waals surface area contributed by atoms with Gasteiger partial charge < -0.3 is 16.4 Å². The number of carbonyl (C=O) groups is 1. The molecule has 110 valence electrons. The molecule has 4 nitrogen and oxygen atoms in total. The molecule has 2 amide bonds. The highest BCUT2D eigenvalue weighted by molar-refractivity contribution is 5.89. The highest BCUT2D eigenvalue weighted by Crippen LogP contribution is 2.36. The van der Waals surface area contributed by atoms with Gasteiger partial charge in [-0.2, -0.15) is 0 Å². The molecular formula is C16H25N3O. The maximum Gasteiger partial charge on any atom is 0.319 e. The molecule has 1 aliphatic carbocycles. The molecule has 0 heterocycles. The molecule has 0 saturated heterocycles. The Morgan fingerprint density at radius 3 is 2.80 bits per heavy atom. The lowest BCUT2D eigenvalue weighted by atomic mass is 9.92. The number of nitrogens with two attached hydrogens (primary N) is 1. The first-order valence-corrected chi connectivity index (χ1v) is 7.29. The lowest BCUT2D eigenvalue weighted by Crippen LogP contribution is -2.36. The Morgan fingerprint density at radius 1 is 1.45 bits per heavy atom. The van der Waals surface area contributed by atoms with E-state index in [0.29, 0.717) is 5.41 Å². The SMILES string of the molecule is CC(N)c1cccc(NC(=O)NC2CCC(C)(C)C2)c1. The van der Waals surface area contributed by atoms with Crippen LogP contribution >= 0.6 is 0 Å². The zero-order valence-corrected chi connectivity index (χ0v) is 12.6. The molecule has 1 fully saturated rings. The van der Waals surface area contributed by atoms with Crippen LogP contribution in [0.4, 0.5) is 10.5 Å². The van der Waals surface area contributed by atoms with Gasteiger partial charge in [-0.1, -0.05) is 26.0 Å². The predicted octanol–water partition coefficient (Wildman–Crippen LogP) is 3.41. The van der Waals surface area contributed by atoms with Crippen molar-refractivity contribution >= 4 is 11.7 Å². The number of hydrogen-bond acceptors (Lipinski definition) is 2. The van der Waals surface area contributed by atoms with Gasteiger partial charge >= 0.3 is 6.03 Å². The minimum atomic E-state index is -0.130. The van der Waals surface area contributed by atoms with Crippen LogP contribution in [-0.4, -0.2) is 12.1 Å². The molecule has 1 aliphatic rings. The molecule has 20 heavy (non-hydrogen) atoms. The second-order valence-electron chi connectivity index (χ2n) is 6.62. The van der Waals surface area contributed by atoms with Crippen molar-refractivity contribution in [1.82, 2.24) is 5.32 Å². The highest BCUT2D eigenvalue weighted by atomic mass is 16.2. The second kappa shape index (κ2) is 5.83. The van der Waals surface area contributed by atoms with Crippen LogP contribution in [-0.2, 0) is 0 Å². The van der Waals surface area contributed by atoms with Crippen LogP contribution < -0.4 is 16.4 Å². The Labute approximate surface area is 121 Å². The van der Waals surface area contributed by atoms with E-state index in [1.807, 2.05) is 31.2 Å². The van der Waals surface area contributed by atoms with Crippen LogP contribution in [0.1, 0.15) is 51.6 Å². The fraction of sp³-hybridized carbons (Fsp3) is 0.562. The Bertz CT molecular complexity index is 482. The van der Waals surface area contributed by atoms with E-state index in [9.17, 15) is 4.79 Å². The number of rotatable bonds is 3. The topological polar surface area (TPSA) is 67.1 Å². The molecule has 1 aromatic carbocycles. The van der Waals surface area contributed by atoms with E-state index < -0.39 is 0 Å². The van der Waals surface area contributed by atoms with Crippen LogP contribution in [0.5, 0.6) is 0 Å². The molecule has 0 aromatic heterocycles. The minimum absolute atomic E-state index is 0.0320. The van der Waals surface area contributed by atoms with E-state index >= 15 is 0 Å². The molecule has 2 unspecified atom stereocenters. The van der Waals surface area contributed by atoms with E-state index in [4.69, 9.17) is 5.73 Å². The van der Waals surface area contributed by atoms with Crippen LogP contribution in [0.3, 0.4) is 0 Å². The first-order valence-electron chi connectivity index (χ1n) is 7.29.